The lowest BCUT2D eigenvalue weighted by atomic mass is 10.1. The van der Waals surface area contributed by atoms with E-state index in [1.807, 2.05) is 48.5 Å². The molecule has 0 radical (unpaired) electrons. The highest BCUT2D eigenvalue weighted by Crippen LogP contribution is 2.18. The lowest BCUT2D eigenvalue weighted by Crippen LogP contribution is -2.30. The molecule has 0 saturated carbocycles. The third-order valence-corrected chi connectivity index (χ3v) is 5.76. The van der Waals surface area contributed by atoms with Gasteiger partial charge in [0, 0.05) is 19.5 Å². The summed E-state index contributed by atoms with van der Waals surface area (Å²) in [4.78, 5) is 12.2. The average Bonchev–Trinajstić information content (AvgIpc) is 2.72. The van der Waals surface area contributed by atoms with Gasteiger partial charge in [-0.1, -0.05) is 42.5 Å². The van der Waals surface area contributed by atoms with Crippen LogP contribution in [0.2, 0.25) is 0 Å². The van der Waals surface area contributed by atoms with Gasteiger partial charge in [0.05, 0.1) is 12.0 Å². The number of rotatable bonds is 8. The third-order valence-electron chi connectivity index (χ3n) is 4.30. The van der Waals surface area contributed by atoms with Gasteiger partial charge in [-0.3, -0.25) is 4.79 Å². The summed E-state index contributed by atoms with van der Waals surface area (Å²) in [7, 11) is -2.09. The van der Waals surface area contributed by atoms with Gasteiger partial charge in [-0.15, -0.1) is 0 Å². The van der Waals surface area contributed by atoms with Gasteiger partial charge in [-0.05, 0) is 40.6 Å². The lowest BCUT2D eigenvalue weighted by molar-refractivity contribution is -0.121. The molecule has 0 heterocycles. The largest absolute Gasteiger partial charge is 0.497 e. The van der Waals surface area contributed by atoms with Crippen LogP contribution in [0.3, 0.4) is 0 Å². The molecule has 7 heteroatoms. The van der Waals surface area contributed by atoms with E-state index >= 15 is 0 Å². The predicted molar refractivity (Wildman–Crippen MR) is 109 cm³/mol. The monoisotopic (exact) mass is 398 g/mol. The molecule has 3 aromatic carbocycles. The molecule has 2 N–H and O–H groups in total. The second-order valence-corrected chi connectivity index (χ2v) is 8.05. The number of carbonyl (C=O) groups excluding carboxylic acids is 1. The van der Waals surface area contributed by atoms with Crippen LogP contribution in [-0.2, 0) is 21.4 Å². The van der Waals surface area contributed by atoms with E-state index in [2.05, 4.69) is 10.0 Å². The van der Waals surface area contributed by atoms with Crippen LogP contribution in [0.1, 0.15) is 12.0 Å². The van der Waals surface area contributed by atoms with Crippen LogP contribution in [0.15, 0.2) is 71.6 Å². The quantitative estimate of drug-likeness (QED) is 0.611. The van der Waals surface area contributed by atoms with Crippen molar-refractivity contribution >= 4 is 26.7 Å². The third kappa shape index (κ3) is 5.09. The highest BCUT2D eigenvalue weighted by molar-refractivity contribution is 7.89. The Morgan fingerprint density at radius 3 is 2.54 bits per heavy atom. The van der Waals surface area contributed by atoms with Crippen LogP contribution in [0.5, 0.6) is 5.75 Å². The molecule has 1 amide bonds. The first-order valence-electron chi connectivity index (χ1n) is 8.86. The predicted octanol–water partition coefficient (Wildman–Crippen LogP) is 2.83. The van der Waals surface area contributed by atoms with Crippen molar-refractivity contribution < 1.29 is 17.9 Å². The zero-order chi connectivity index (χ0) is 20.0. The topological polar surface area (TPSA) is 84.5 Å². The molecule has 0 atom stereocenters. The molecule has 0 aliphatic heterocycles. The Kier molecular flexibility index (Phi) is 6.28. The zero-order valence-corrected chi connectivity index (χ0v) is 16.3. The maximum absolute atomic E-state index is 12.5. The van der Waals surface area contributed by atoms with Gasteiger partial charge in [0.15, 0.2) is 0 Å². The normalized spacial score (nSPS) is 11.3. The van der Waals surface area contributed by atoms with Gasteiger partial charge in [-0.25, -0.2) is 13.1 Å². The first kappa shape index (κ1) is 19.9. The standard InChI is InChI=1S/C21H22N2O4S/c1-27-19-8-4-5-16(13-19)15-22-21(24)11-12-23-28(25,26)20-10-9-17-6-2-3-7-18(17)14-20/h2-10,13-14,23H,11-12,15H2,1H3,(H,22,24). The summed E-state index contributed by atoms with van der Waals surface area (Å²) in [6, 6.07) is 19.9. The van der Waals surface area contributed by atoms with Crippen molar-refractivity contribution in [3.63, 3.8) is 0 Å². The van der Waals surface area contributed by atoms with E-state index in [4.69, 9.17) is 4.74 Å². The molecule has 146 valence electrons. The van der Waals surface area contributed by atoms with Crippen molar-refractivity contribution in [1.29, 1.82) is 0 Å². The van der Waals surface area contributed by atoms with Crippen molar-refractivity contribution in [2.75, 3.05) is 13.7 Å². The number of fused-ring (bicyclic) bond motifs is 1. The molecule has 3 aromatic rings. The summed E-state index contributed by atoms with van der Waals surface area (Å²) in [6.07, 6.45) is 0.0524. The Hall–Kier alpha value is -2.90. The molecule has 0 bridgehead atoms. The number of sulfonamides is 1. The Bertz CT molecular complexity index is 1080. The van der Waals surface area contributed by atoms with Gasteiger partial charge in [0.2, 0.25) is 15.9 Å². The van der Waals surface area contributed by atoms with E-state index < -0.39 is 10.0 Å². The van der Waals surface area contributed by atoms with Crippen LogP contribution in [0, 0.1) is 0 Å². The van der Waals surface area contributed by atoms with Crippen LogP contribution in [0.25, 0.3) is 10.8 Å². The maximum Gasteiger partial charge on any atom is 0.240 e. The lowest BCUT2D eigenvalue weighted by Gasteiger charge is -2.09. The average molecular weight is 398 g/mol. The minimum atomic E-state index is -3.67. The molecule has 0 saturated heterocycles. The number of hydrogen-bond donors (Lipinski definition) is 2. The van der Waals surface area contributed by atoms with E-state index in [-0.39, 0.29) is 23.8 Å². The summed E-state index contributed by atoms with van der Waals surface area (Å²) in [6.45, 7) is 0.382. The van der Waals surface area contributed by atoms with E-state index in [0.717, 1.165) is 22.1 Å². The second-order valence-electron chi connectivity index (χ2n) is 6.28. The second kappa shape index (κ2) is 8.86. The summed E-state index contributed by atoms with van der Waals surface area (Å²) in [5.74, 6) is 0.485. The number of carbonyl (C=O) groups is 1. The first-order valence-corrected chi connectivity index (χ1v) is 10.3. The van der Waals surface area contributed by atoms with Gasteiger partial charge in [0.1, 0.15) is 5.75 Å². The number of methoxy groups -OCH3 is 1. The van der Waals surface area contributed by atoms with E-state index in [1.165, 1.54) is 0 Å². The van der Waals surface area contributed by atoms with E-state index in [0.29, 0.717) is 6.54 Å². The summed E-state index contributed by atoms with van der Waals surface area (Å²) >= 11 is 0. The van der Waals surface area contributed by atoms with Crippen LogP contribution in [0.4, 0.5) is 0 Å². The molecule has 6 nitrogen and oxygen atoms in total. The van der Waals surface area contributed by atoms with Crippen molar-refractivity contribution in [2.45, 2.75) is 17.9 Å². The molecule has 0 aromatic heterocycles. The SMILES string of the molecule is COc1cccc(CNC(=O)CCNS(=O)(=O)c2ccc3ccccc3c2)c1. The number of hydrogen-bond acceptors (Lipinski definition) is 4. The molecule has 0 aliphatic carbocycles. The van der Waals surface area contributed by atoms with Gasteiger partial charge in [0.25, 0.3) is 0 Å². The Labute approximate surface area is 164 Å². The highest BCUT2D eigenvalue weighted by atomic mass is 32.2. The maximum atomic E-state index is 12.5. The van der Waals surface area contributed by atoms with Gasteiger partial charge in [-0.2, -0.15) is 0 Å². The number of amides is 1. The molecule has 0 fully saturated rings. The van der Waals surface area contributed by atoms with Crippen molar-refractivity contribution in [1.82, 2.24) is 10.0 Å². The van der Waals surface area contributed by atoms with Gasteiger partial charge < -0.3 is 10.1 Å². The van der Waals surface area contributed by atoms with Crippen LogP contribution < -0.4 is 14.8 Å². The van der Waals surface area contributed by atoms with Crippen molar-refractivity contribution in [3.8, 4) is 5.75 Å². The minimum Gasteiger partial charge on any atom is -0.497 e. The summed E-state index contributed by atoms with van der Waals surface area (Å²) < 4.78 is 32.5. The zero-order valence-electron chi connectivity index (χ0n) is 15.5. The van der Waals surface area contributed by atoms with Crippen molar-refractivity contribution in [2.24, 2.45) is 0 Å². The molecular weight excluding hydrogens is 376 g/mol. The van der Waals surface area contributed by atoms with Crippen molar-refractivity contribution in [3.05, 3.63) is 72.3 Å². The first-order chi connectivity index (χ1) is 13.5. The van der Waals surface area contributed by atoms with Crippen LogP contribution in [-0.4, -0.2) is 28.0 Å². The molecule has 0 unspecified atom stereocenters. The fraction of sp³-hybridized carbons (Fsp3) is 0.190. The molecule has 0 aliphatic rings. The number of benzene rings is 3. The molecule has 28 heavy (non-hydrogen) atoms. The fourth-order valence-electron chi connectivity index (χ4n) is 2.79. The van der Waals surface area contributed by atoms with E-state index in [1.54, 1.807) is 25.3 Å². The summed E-state index contributed by atoms with van der Waals surface area (Å²) in [5, 5.41) is 4.59. The summed E-state index contributed by atoms with van der Waals surface area (Å²) in [5.41, 5.74) is 0.907. The number of ether oxygens (including phenoxy) is 1. The Morgan fingerprint density at radius 2 is 1.75 bits per heavy atom. The fourth-order valence-corrected chi connectivity index (χ4v) is 3.86. The number of nitrogens with one attached hydrogen (secondary N) is 2. The van der Waals surface area contributed by atoms with Crippen LogP contribution >= 0.6 is 0 Å². The smallest absolute Gasteiger partial charge is 0.240 e. The van der Waals surface area contributed by atoms with Gasteiger partial charge >= 0.3 is 0 Å². The highest BCUT2D eigenvalue weighted by Gasteiger charge is 2.14. The minimum absolute atomic E-state index is 0.0269. The molecule has 0 spiro atoms. The Balaban J connectivity index is 1.51. The molecular formula is C21H22N2O4S. The van der Waals surface area contributed by atoms with E-state index in [9.17, 15) is 13.2 Å². The molecule has 3 rings (SSSR count). The Morgan fingerprint density at radius 1 is 0.964 bits per heavy atom.